The molecule has 0 heterocycles. The fourth-order valence-electron chi connectivity index (χ4n) is 1.69. The van der Waals surface area contributed by atoms with E-state index in [1.807, 2.05) is 39.0 Å². The van der Waals surface area contributed by atoms with E-state index >= 15 is 0 Å². The van der Waals surface area contributed by atoms with Gasteiger partial charge >= 0.3 is 0 Å². The third-order valence-electron chi connectivity index (χ3n) is 2.78. The first-order valence-electron chi connectivity index (χ1n) is 6.41. The number of carbonyl (C=O) groups excluding carboxylic acids is 1. The van der Waals surface area contributed by atoms with Crippen LogP contribution in [0.2, 0.25) is 0 Å². The minimum absolute atomic E-state index is 0.0624. The van der Waals surface area contributed by atoms with E-state index in [-0.39, 0.29) is 5.91 Å². The summed E-state index contributed by atoms with van der Waals surface area (Å²) in [4.78, 5) is 12.1. The van der Waals surface area contributed by atoms with Crippen molar-refractivity contribution < 1.29 is 14.6 Å². The van der Waals surface area contributed by atoms with Gasteiger partial charge in [0.1, 0.15) is 5.75 Å². The van der Waals surface area contributed by atoms with Gasteiger partial charge < -0.3 is 15.2 Å². The predicted octanol–water partition coefficient (Wildman–Crippen LogP) is 2.60. The second kappa shape index (κ2) is 6.06. The Balaban J connectivity index is 3.09. The smallest absolute Gasteiger partial charge is 0.229 e. The van der Waals surface area contributed by atoms with Crippen molar-refractivity contribution in [2.45, 2.75) is 40.2 Å². The summed E-state index contributed by atoms with van der Waals surface area (Å²) in [6.45, 7) is 7.28. The predicted molar refractivity (Wildman–Crippen MR) is 76.5 cm³/mol. The molecule has 0 aliphatic heterocycles. The van der Waals surface area contributed by atoms with Crippen molar-refractivity contribution in [1.29, 1.82) is 0 Å². The van der Waals surface area contributed by atoms with Crippen LogP contribution in [0.25, 0.3) is 0 Å². The zero-order valence-electron chi connectivity index (χ0n) is 12.3. The normalized spacial score (nSPS) is 12.9. The van der Waals surface area contributed by atoms with Gasteiger partial charge in [-0.25, -0.2) is 0 Å². The van der Waals surface area contributed by atoms with E-state index in [4.69, 9.17) is 4.74 Å². The zero-order chi connectivity index (χ0) is 14.6. The van der Waals surface area contributed by atoms with E-state index in [0.29, 0.717) is 17.9 Å². The highest BCUT2D eigenvalue weighted by Gasteiger charge is 2.23. The van der Waals surface area contributed by atoms with E-state index < -0.39 is 11.5 Å². The second-order valence-corrected chi connectivity index (χ2v) is 5.74. The number of rotatable bonds is 4. The molecule has 0 aromatic heterocycles. The lowest BCUT2D eigenvalue weighted by molar-refractivity contribution is -0.123. The molecule has 0 bridgehead atoms. The first-order valence-corrected chi connectivity index (χ1v) is 6.41. The number of methoxy groups -OCH3 is 1. The standard InChI is InChI=1S/C15H23NO3/c1-10(17)9-11-12(7-6-8-13(11)19-5)16-14(18)15(2,3)4/h6-8,10,17H,9H2,1-5H3,(H,16,18). The van der Waals surface area contributed by atoms with Gasteiger partial charge in [-0.2, -0.15) is 0 Å². The molecule has 1 unspecified atom stereocenters. The van der Waals surface area contributed by atoms with Crippen LogP contribution >= 0.6 is 0 Å². The highest BCUT2D eigenvalue weighted by Crippen LogP contribution is 2.29. The van der Waals surface area contributed by atoms with Crippen molar-refractivity contribution in [3.05, 3.63) is 23.8 Å². The lowest BCUT2D eigenvalue weighted by Gasteiger charge is -2.21. The molecule has 2 N–H and O–H groups in total. The summed E-state index contributed by atoms with van der Waals surface area (Å²) in [5.41, 5.74) is 1.04. The van der Waals surface area contributed by atoms with Gasteiger partial charge in [-0.05, 0) is 19.1 Å². The van der Waals surface area contributed by atoms with Crippen molar-refractivity contribution in [3.8, 4) is 5.75 Å². The number of aliphatic hydroxyl groups excluding tert-OH is 1. The van der Waals surface area contributed by atoms with Crippen molar-refractivity contribution in [2.24, 2.45) is 5.41 Å². The topological polar surface area (TPSA) is 58.6 Å². The molecule has 0 spiro atoms. The molecule has 1 aromatic carbocycles. The molecule has 106 valence electrons. The van der Waals surface area contributed by atoms with Gasteiger partial charge in [-0.15, -0.1) is 0 Å². The Hall–Kier alpha value is -1.55. The monoisotopic (exact) mass is 265 g/mol. The molecule has 0 aliphatic rings. The third kappa shape index (κ3) is 4.24. The molecule has 0 radical (unpaired) electrons. The minimum atomic E-state index is -0.499. The molecule has 1 atom stereocenters. The fourth-order valence-corrected chi connectivity index (χ4v) is 1.69. The van der Waals surface area contributed by atoms with Crippen molar-refractivity contribution in [3.63, 3.8) is 0 Å². The van der Waals surface area contributed by atoms with Crippen LogP contribution in [0.1, 0.15) is 33.3 Å². The van der Waals surface area contributed by atoms with E-state index in [9.17, 15) is 9.90 Å². The Morgan fingerprint density at radius 1 is 1.42 bits per heavy atom. The molecule has 1 rings (SSSR count). The van der Waals surface area contributed by atoms with Crippen LogP contribution in [0.3, 0.4) is 0 Å². The average molecular weight is 265 g/mol. The van der Waals surface area contributed by atoms with Crippen LogP contribution in [-0.2, 0) is 11.2 Å². The average Bonchev–Trinajstić information content (AvgIpc) is 2.29. The first-order chi connectivity index (χ1) is 8.75. The lowest BCUT2D eigenvalue weighted by Crippen LogP contribution is -2.28. The molecular weight excluding hydrogens is 242 g/mol. The number of amides is 1. The first kappa shape index (κ1) is 15.5. The van der Waals surface area contributed by atoms with Gasteiger partial charge in [0.15, 0.2) is 0 Å². The van der Waals surface area contributed by atoms with Crippen LogP contribution < -0.4 is 10.1 Å². The van der Waals surface area contributed by atoms with Crippen molar-refractivity contribution in [2.75, 3.05) is 12.4 Å². The summed E-state index contributed by atoms with van der Waals surface area (Å²) in [6.07, 6.45) is -0.0642. The molecule has 0 fully saturated rings. The van der Waals surface area contributed by atoms with Crippen LogP contribution in [0, 0.1) is 5.41 Å². The SMILES string of the molecule is COc1cccc(NC(=O)C(C)(C)C)c1CC(C)O. The van der Waals surface area contributed by atoms with Crippen LogP contribution in [-0.4, -0.2) is 24.2 Å². The summed E-state index contributed by atoms with van der Waals surface area (Å²) in [7, 11) is 1.58. The maximum Gasteiger partial charge on any atom is 0.229 e. The number of benzene rings is 1. The quantitative estimate of drug-likeness (QED) is 0.879. The maximum atomic E-state index is 12.1. The minimum Gasteiger partial charge on any atom is -0.496 e. The summed E-state index contributed by atoms with van der Waals surface area (Å²) < 4.78 is 5.29. The number of hydrogen-bond donors (Lipinski definition) is 2. The summed E-state index contributed by atoms with van der Waals surface area (Å²) >= 11 is 0. The molecule has 1 aromatic rings. The number of nitrogens with one attached hydrogen (secondary N) is 1. The number of anilines is 1. The molecule has 4 heteroatoms. The number of hydrogen-bond acceptors (Lipinski definition) is 3. The Morgan fingerprint density at radius 2 is 2.05 bits per heavy atom. The van der Waals surface area contributed by atoms with Crippen molar-refractivity contribution >= 4 is 11.6 Å². The Morgan fingerprint density at radius 3 is 2.53 bits per heavy atom. The summed E-state index contributed by atoms with van der Waals surface area (Å²) in [6, 6.07) is 5.47. The van der Waals surface area contributed by atoms with Crippen LogP contribution in [0.4, 0.5) is 5.69 Å². The van der Waals surface area contributed by atoms with Crippen LogP contribution in [0.5, 0.6) is 5.75 Å². The second-order valence-electron chi connectivity index (χ2n) is 5.74. The molecule has 0 aliphatic carbocycles. The van der Waals surface area contributed by atoms with E-state index in [2.05, 4.69) is 5.32 Å². The summed E-state index contributed by atoms with van der Waals surface area (Å²) in [5.74, 6) is 0.611. The molecular formula is C15H23NO3. The van der Waals surface area contributed by atoms with Crippen LogP contribution in [0.15, 0.2) is 18.2 Å². The third-order valence-corrected chi connectivity index (χ3v) is 2.78. The molecule has 0 saturated heterocycles. The Labute approximate surface area is 114 Å². The van der Waals surface area contributed by atoms with Gasteiger partial charge in [0, 0.05) is 23.1 Å². The number of carbonyl (C=O) groups is 1. The zero-order valence-corrected chi connectivity index (χ0v) is 12.3. The van der Waals surface area contributed by atoms with Gasteiger partial charge in [0.25, 0.3) is 0 Å². The highest BCUT2D eigenvalue weighted by molar-refractivity contribution is 5.95. The van der Waals surface area contributed by atoms with Gasteiger partial charge in [-0.3, -0.25) is 4.79 Å². The van der Waals surface area contributed by atoms with E-state index in [1.54, 1.807) is 14.0 Å². The number of ether oxygens (including phenoxy) is 1. The highest BCUT2D eigenvalue weighted by atomic mass is 16.5. The molecule has 1 amide bonds. The number of aliphatic hydroxyl groups is 1. The Bertz CT molecular complexity index is 447. The van der Waals surface area contributed by atoms with E-state index in [0.717, 1.165) is 5.56 Å². The van der Waals surface area contributed by atoms with Gasteiger partial charge in [0.05, 0.1) is 13.2 Å². The maximum absolute atomic E-state index is 12.1. The van der Waals surface area contributed by atoms with Gasteiger partial charge in [-0.1, -0.05) is 26.8 Å². The Kier molecular flexibility index (Phi) is 4.95. The van der Waals surface area contributed by atoms with Gasteiger partial charge in [0.2, 0.25) is 5.91 Å². The van der Waals surface area contributed by atoms with Crippen molar-refractivity contribution in [1.82, 2.24) is 0 Å². The summed E-state index contributed by atoms with van der Waals surface area (Å²) in [5, 5.41) is 12.5. The van der Waals surface area contributed by atoms with E-state index in [1.165, 1.54) is 0 Å². The largest absolute Gasteiger partial charge is 0.496 e. The molecule has 0 saturated carbocycles. The lowest BCUT2D eigenvalue weighted by atomic mass is 9.95. The fraction of sp³-hybridized carbons (Fsp3) is 0.533. The molecule has 19 heavy (non-hydrogen) atoms. The molecule has 4 nitrogen and oxygen atoms in total.